The molecule has 1 aromatic carbocycles. The molecule has 0 unspecified atom stereocenters. The zero-order valence-corrected chi connectivity index (χ0v) is 13.2. The summed E-state index contributed by atoms with van der Waals surface area (Å²) in [5, 5.41) is 11.1. The number of methoxy groups -OCH3 is 1. The molecule has 0 bridgehead atoms. The zero-order chi connectivity index (χ0) is 15.6. The molecule has 0 amide bonds. The van der Waals surface area contributed by atoms with Gasteiger partial charge >= 0.3 is 11.7 Å². The smallest absolute Gasteiger partial charge is 0.325 e. The Morgan fingerprint density at radius 3 is 2.67 bits per heavy atom. The number of nitro benzene ring substituents is 1. The monoisotopic (exact) mass is 353 g/mol. The van der Waals surface area contributed by atoms with Crippen LogP contribution in [-0.2, 0) is 0 Å². The second-order valence-electron chi connectivity index (χ2n) is 4.30. The molecule has 2 aromatic rings. The minimum absolute atomic E-state index is 0.0231. The van der Waals surface area contributed by atoms with Gasteiger partial charge in [-0.2, -0.15) is 4.98 Å². The van der Waals surface area contributed by atoms with E-state index in [0.29, 0.717) is 10.0 Å². The summed E-state index contributed by atoms with van der Waals surface area (Å²) >= 11 is 3.22. The number of aryl methyl sites for hydroxylation is 2. The van der Waals surface area contributed by atoms with E-state index >= 15 is 0 Å². The van der Waals surface area contributed by atoms with E-state index in [4.69, 9.17) is 9.47 Å². The van der Waals surface area contributed by atoms with Crippen molar-refractivity contribution in [3.63, 3.8) is 0 Å². The largest absolute Gasteiger partial charge is 0.480 e. The molecule has 0 atom stereocenters. The molecule has 0 N–H and O–H groups in total. The summed E-state index contributed by atoms with van der Waals surface area (Å²) in [5.41, 5.74) is 1.28. The van der Waals surface area contributed by atoms with Crippen molar-refractivity contribution in [2.45, 2.75) is 13.8 Å². The number of nitro groups is 1. The Kier molecular flexibility index (Phi) is 4.37. The molecular formula is C13H12BrN3O4. The van der Waals surface area contributed by atoms with Gasteiger partial charge in [0.25, 0.3) is 0 Å². The van der Waals surface area contributed by atoms with Crippen LogP contribution in [-0.4, -0.2) is 22.0 Å². The van der Waals surface area contributed by atoms with Gasteiger partial charge in [0.05, 0.1) is 22.7 Å². The second-order valence-corrected chi connectivity index (χ2v) is 5.15. The van der Waals surface area contributed by atoms with E-state index in [2.05, 4.69) is 25.9 Å². The fourth-order valence-corrected chi connectivity index (χ4v) is 2.17. The molecule has 0 spiro atoms. The van der Waals surface area contributed by atoms with Gasteiger partial charge in [-0.1, -0.05) is 6.07 Å². The molecule has 0 fully saturated rings. The number of aromatic nitrogens is 2. The minimum atomic E-state index is -0.495. The molecule has 0 radical (unpaired) electrons. The summed E-state index contributed by atoms with van der Waals surface area (Å²) in [4.78, 5) is 18.6. The van der Waals surface area contributed by atoms with Gasteiger partial charge in [-0.25, -0.2) is 4.98 Å². The maximum Gasteiger partial charge on any atom is 0.325 e. The number of benzene rings is 1. The maximum absolute atomic E-state index is 11.1. The summed E-state index contributed by atoms with van der Waals surface area (Å²) in [6, 6.07) is 3.21. The van der Waals surface area contributed by atoms with E-state index in [0.717, 1.165) is 5.56 Å². The van der Waals surface area contributed by atoms with Gasteiger partial charge in [-0.3, -0.25) is 10.1 Å². The molecule has 1 aromatic heterocycles. The first-order chi connectivity index (χ1) is 9.92. The molecular weight excluding hydrogens is 342 g/mol. The van der Waals surface area contributed by atoms with Gasteiger partial charge in [-0.15, -0.1) is 0 Å². The molecule has 21 heavy (non-hydrogen) atoms. The molecule has 0 aliphatic rings. The van der Waals surface area contributed by atoms with Crippen molar-refractivity contribution < 1.29 is 14.4 Å². The van der Waals surface area contributed by atoms with E-state index in [1.165, 1.54) is 19.4 Å². The number of hydrogen-bond acceptors (Lipinski definition) is 6. The lowest BCUT2D eigenvalue weighted by atomic mass is 10.1. The highest BCUT2D eigenvalue weighted by Gasteiger charge is 2.20. The number of hydrogen-bond donors (Lipinski definition) is 0. The Labute approximate surface area is 129 Å². The quantitative estimate of drug-likeness (QED) is 0.616. The van der Waals surface area contributed by atoms with Crippen molar-refractivity contribution in [3.8, 4) is 17.6 Å². The molecule has 0 saturated carbocycles. The third kappa shape index (κ3) is 3.27. The Morgan fingerprint density at radius 2 is 2.05 bits per heavy atom. The summed E-state index contributed by atoms with van der Waals surface area (Å²) < 4.78 is 11.1. The number of nitrogens with zero attached hydrogens (tertiary/aromatic N) is 3. The fraction of sp³-hybridized carbons (Fsp3) is 0.231. The topological polar surface area (TPSA) is 87.4 Å². The lowest BCUT2D eigenvalue weighted by molar-refractivity contribution is -0.385. The maximum atomic E-state index is 11.1. The van der Waals surface area contributed by atoms with Crippen LogP contribution in [0.3, 0.4) is 0 Å². The van der Waals surface area contributed by atoms with Crippen LogP contribution >= 0.6 is 15.9 Å². The minimum Gasteiger partial charge on any atom is -0.480 e. The number of halogens is 1. The third-order valence-corrected chi connectivity index (χ3v) is 3.22. The van der Waals surface area contributed by atoms with E-state index in [-0.39, 0.29) is 23.3 Å². The van der Waals surface area contributed by atoms with Crippen molar-refractivity contribution in [2.75, 3.05) is 7.11 Å². The Hall–Kier alpha value is -2.22. The molecule has 110 valence electrons. The van der Waals surface area contributed by atoms with Gasteiger partial charge < -0.3 is 9.47 Å². The average molecular weight is 354 g/mol. The SMILES string of the molecule is COc1nc(Oc2c(C)cc(C)cc2[N+](=O)[O-])ncc1Br. The molecule has 7 nitrogen and oxygen atoms in total. The number of ether oxygens (including phenoxy) is 2. The first-order valence-electron chi connectivity index (χ1n) is 5.92. The standard InChI is InChI=1S/C13H12BrN3O4/c1-7-4-8(2)11(10(5-7)17(18)19)21-13-15-6-9(14)12(16-13)20-3/h4-6H,1-3H3. The van der Waals surface area contributed by atoms with Crippen LogP contribution in [0.1, 0.15) is 11.1 Å². The predicted octanol–water partition coefficient (Wildman–Crippen LogP) is 3.57. The highest BCUT2D eigenvalue weighted by molar-refractivity contribution is 9.10. The highest BCUT2D eigenvalue weighted by Crippen LogP contribution is 2.35. The summed E-state index contributed by atoms with van der Waals surface area (Å²) in [7, 11) is 1.45. The summed E-state index contributed by atoms with van der Waals surface area (Å²) in [6.07, 6.45) is 1.45. The van der Waals surface area contributed by atoms with Gasteiger partial charge in [0.2, 0.25) is 11.6 Å². The Bertz CT molecular complexity index is 706. The molecule has 0 aliphatic heterocycles. The lowest BCUT2D eigenvalue weighted by Crippen LogP contribution is -2.00. The van der Waals surface area contributed by atoms with Crippen LogP contribution in [0.4, 0.5) is 5.69 Å². The van der Waals surface area contributed by atoms with Gasteiger partial charge in [0.1, 0.15) is 0 Å². The van der Waals surface area contributed by atoms with Crippen LogP contribution in [0.5, 0.6) is 17.6 Å². The third-order valence-electron chi connectivity index (χ3n) is 2.67. The summed E-state index contributed by atoms with van der Waals surface area (Å²) in [5.74, 6) is 0.405. The molecule has 0 saturated heterocycles. The van der Waals surface area contributed by atoms with Crippen LogP contribution in [0.15, 0.2) is 22.8 Å². The Balaban J connectivity index is 2.46. The van der Waals surface area contributed by atoms with E-state index in [9.17, 15) is 10.1 Å². The number of rotatable bonds is 4. The van der Waals surface area contributed by atoms with Crippen LogP contribution in [0.2, 0.25) is 0 Å². The first-order valence-corrected chi connectivity index (χ1v) is 6.71. The molecule has 2 rings (SSSR count). The van der Waals surface area contributed by atoms with E-state index in [1.807, 2.05) is 0 Å². The second kappa shape index (κ2) is 6.04. The van der Waals surface area contributed by atoms with Crippen molar-refractivity contribution in [2.24, 2.45) is 0 Å². The highest BCUT2D eigenvalue weighted by atomic mass is 79.9. The van der Waals surface area contributed by atoms with Crippen LogP contribution in [0.25, 0.3) is 0 Å². The van der Waals surface area contributed by atoms with Gasteiger partial charge in [0, 0.05) is 6.07 Å². The van der Waals surface area contributed by atoms with E-state index in [1.54, 1.807) is 19.9 Å². The predicted molar refractivity (Wildman–Crippen MR) is 78.9 cm³/mol. The van der Waals surface area contributed by atoms with Crippen molar-refractivity contribution >= 4 is 21.6 Å². The van der Waals surface area contributed by atoms with Crippen molar-refractivity contribution in [1.29, 1.82) is 0 Å². The van der Waals surface area contributed by atoms with Crippen LogP contribution in [0, 0.1) is 24.0 Å². The molecule has 0 aliphatic carbocycles. The molecule has 1 heterocycles. The first kappa shape index (κ1) is 15.2. The van der Waals surface area contributed by atoms with Crippen LogP contribution < -0.4 is 9.47 Å². The molecule has 8 heteroatoms. The van der Waals surface area contributed by atoms with Crippen molar-refractivity contribution in [3.05, 3.63) is 44.0 Å². The fourth-order valence-electron chi connectivity index (χ4n) is 1.82. The summed E-state index contributed by atoms with van der Waals surface area (Å²) in [6.45, 7) is 3.51. The Morgan fingerprint density at radius 1 is 1.33 bits per heavy atom. The van der Waals surface area contributed by atoms with E-state index < -0.39 is 4.92 Å². The van der Waals surface area contributed by atoms with Crippen molar-refractivity contribution in [1.82, 2.24) is 9.97 Å². The lowest BCUT2D eigenvalue weighted by Gasteiger charge is -2.09. The van der Waals surface area contributed by atoms with Gasteiger partial charge in [0.15, 0.2) is 0 Å². The van der Waals surface area contributed by atoms with Gasteiger partial charge in [-0.05, 0) is 40.9 Å². The normalized spacial score (nSPS) is 10.3. The zero-order valence-electron chi connectivity index (χ0n) is 11.6. The average Bonchev–Trinajstić information content (AvgIpc) is 2.43.